The molecule has 0 fully saturated rings. The van der Waals surface area contributed by atoms with Gasteiger partial charge in [-0.1, -0.05) is 43.3 Å². The number of aromatic nitrogens is 1. The summed E-state index contributed by atoms with van der Waals surface area (Å²) in [6.45, 7) is 2.51. The van der Waals surface area contributed by atoms with Gasteiger partial charge < -0.3 is 5.32 Å². The summed E-state index contributed by atoms with van der Waals surface area (Å²) in [4.78, 5) is 15.3. The molecule has 2 rings (SSSR count). The number of carbonyl (C=O) groups excluding carboxylic acids is 1. The van der Waals surface area contributed by atoms with Crippen LogP contribution in [0.3, 0.4) is 0 Å². The first-order chi connectivity index (χ1) is 9.16. The lowest BCUT2D eigenvalue weighted by Gasteiger charge is -2.12. The van der Waals surface area contributed by atoms with Crippen LogP contribution in [-0.2, 0) is 0 Å². The van der Waals surface area contributed by atoms with Crippen molar-refractivity contribution in [3.63, 3.8) is 0 Å². The zero-order valence-corrected chi connectivity index (χ0v) is 10.6. The maximum Gasteiger partial charge on any atom is 0.270 e. The van der Waals surface area contributed by atoms with Crippen molar-refractivity contribution < 1.29 is 9.18 Å². The number of nitrogens with zero attached hydrogens (tertiary/aromatic N) is 1. The Hall–Kier alpha value is -2.23. The number of halogens is 1. The molecule has 0 spiro atoms. The maximum absolute atomic E-state index is 12.9. The van der Waals surface area contributed by atoms with Crippen LogP contribution in [0.25, 0.3) is 0 Å². The van der Waals surface area contributed by atoms with E-state index in [-0.39, 0.29) is 17.5 Å². The van der Waals surface area contributed by atoms with E-state index in [1.54, 1.807) is 0 Å². The van der Waals surface area contributed by atoms with E-state index < -0.39 is 5.95 Å². The summed E-state index contributed by atoms with van der Waals surface area (Å²) in [5.74, 6) is -0.815. The Morgan fingerprint density at radius 1 is 1.21 bits per heavy atom. The summed E-state index contributed by atoms with van der Waals surface area (Å²) in [5, 5.41) is 2.76. The summed E-state index contributed by atoms with van der Waals surface area (Å²) in [6, 6.07) is 14.1. The van der Waals surface area contributed by atoms with Gasteiger partial charge in [0, 0.05) is 6.54 Å². The minimum absolute atomic E-state index is 0.0975. The van der Waals surface area contributed by atoms with E-state index in [0.717, 1.165) is 5.56 Å². The van der Waals surface area contributed by atoms with Crippen molar-refractivity contribution in [2.75, 3.05) is 6.54 Å². The highest BCUT2D eigenvalue weighted by Crippen LogP contribution is 2.13. The average molecular weight is 258 g/mol. The monoisotopic (exact) mass is 258 g/mol. The molecule has 1 aromatic heterocycles. The van der Waals surface area contributed by atoms with Gasteiger partial charge in [0.15, 0.2) is 0 Å². The van der Waals surface area contributed by atoms with Gasteiger partial charge in [-0.3, -0.25) is 4.79 Å². The van der Waals surface area contributed by atoms with Crippen molar-refractivity contribution in [1.29, 1.82) is 0 Å². The van der Waals surface area contributed by atoms with E-state index in [2.05, 4.69) is 10.3 Å². The Morgan fingerprint density at radius 3 is 2.63 bits per heavy atom. The molecule has 1 amide bonds. The van der Waals surface area contributed by atoms with Gasteiger partial charge in [0.1, 0.15) is 5.69 Å². The third kappa shape index (κ3) is 3.61. The fraction of sp³-hybridized carbons (Fsp3) is 0.200. The lowest BCUT2D eigenvalue weighted by Crippen LogP contribution is -2.28. The first-order valence-corrected chi connectivity index (χ1v) is 6.12. The molecule has 2 aromatic rings. The Kier molecular flexibility index (Phi) is 4.23. The first kappa shape index (κ1) is 13.2. The molecular weight excluding hydrogens is 243 g/mol. The zero-order chi connectivity index (χ0) is 13.7. The highest BCUT2D eigenvalue weighted by atomic mass is 19.1. The van der Waals surface area contributed by atoms with Crippen LogP contribution in [0.4, 0.5) is 4.39 Å². The fourth-order valence-electron chi connectivity index (χ4n) is 1.77. The molecule has 0 saturated heterocycles. The largest absolute Gasteiger partial charge is 0.350 e. The molecule has 1 N–H and O–H groups in total. The van der Waals surface area contributed by atoms with Gasteiger partial charge in [-0.2, -0.15) is 4.39 Å². The summed E-state index contributed by atoms with van der Waals surface area (Å²) in [6.07, 6.45) is 0. The fourth-order valence-corrected chi connectivity index (χ4v) is 1.77. The molecular formula is C15H15FN2O. The SMILES string of the molecule is CC(CNC(=O)c1cccc(F)n1)c1ccccc1. The minimum Gasteiger partial charge on any atom is -0.350 e. The van der Waals surface area contributed by atoms with Crippen molar-refractivity contribution in [1.82, 2.24) is 10.3 Å². The van der Waals surface area contributed by atoms with Crippen LogP contribution in [-0.4, -0.2) is 17.4 Å². The zero-order valence-electron chi connectivity index (χ0n) is 10.6. The number of amides is 1. The van der Waals surface area contributed by atoms with Gasteiger partial charge in [-0.15, -0.1) is 0 Å². The Balaban J connectivity index is 1.94. The maximum atomic E-state index is 12.9. The van der Waals surface area contributed by atoms with Gasteiger partial charge in [0.2, 0.25) is 5.95 Å². The van der Waals surface area contributed by atoms with Gasteiger partial charge in [0.25, 0.3) is 5.91 Å². The normalized spacial score (nSPS) is 11.9. The Labute approximate surface area is 111 Å². The molecule has 98 valence electrons. The number of rotatable bonds is 4. The summed E-state index contributed by atoms with van der Waals surface area (Å²) in [5.41, 5.74) is 1.25. The van der Waals surface area contributed by atoms with Gasteiger partial charge >= 0.3 is 0 Å². The average Bonchev–Trinajstić information content (AvgIpc) is 2.45. The van der Waals surface area contributed by atoms with E-state index in [9.17, 15) is 9.18 Å². The highest BCUT2D eigenvalue weighted by molar-refractivity contribution is 5.92. The Bertz CT molecular complexity index is 557. The van der Waals surface area contributed by atoms with Crippen LogP contribution < -0.4 is 5.32 Å². The third-order valence-corrected chi connectivity index (χ3v) is 2.89. The minimum atomic E-state index is -0.649. The van der Waals surface area contributed by atoms with Crippen LogP contribution >= 0.6 is 0 Å². The van der Waals surface area contributed by atoms with Crippen molar-refractivity contribution >= 4 is 5.91 Å². The molecule has 19 heavy (non-hydrogen) atoms. The molecule has 0 radical (unpaired) electrons. The quantitative estimate of drug-likeness (QED) is 0.857. The summed E-state index contributed by atoms with van der Waals surface area (Å²) >= 11 is 0. The lowest BCUT2D eigenvalue weighted by atomic mass is 10.0. The molecule has 0 aliphatic rings. The Morgan fingerprint density at radius 2 is 1.95 bits per heavy atom. The molecule has 0 bridgehead atoms. The molecule has 1 aromatic carbocycles. The molecule has 0 aliphatic heterocycles. The molecule has 1 atom stereocenters. The number of hydrogen-bond acceptors (Lipinski definition) is 2. The van der Waals surface area contributed by atoms with Gasteiger partial charge in [-0.25, -0.2) is 4.98 Å². The van der Waals surface area contributed by atoms with Crippen LogP contribution in [0.15, 0.2) is 48.5 Å². The van der Waals surface area contributed by atoms with E-state index in [0.29, 0.717) is 6.54 Å². The number of pyridine rings is 1. The number of carbonyl (C=O) groups is 1. The smallest absolute Gasteiger partial charge is 0.270 e. The summed E-state index contributed by atoms with van der Waals surface area (Å²) < 4.78 is 12.9. The molecule has 3 nitrogen and oxygen atoms in total. The van der Waals surface area contributed by atoms with E-state index >= 15 is 0 Å². The van der Waals surface area contributed by atoms with Crippen molar-refractivity contribution in [2.24, 2.45) is 0 Å². The number of hydrogen-bond donors (Lipinski definition) is 1. The van der Waals surface area contributed by atoms with E-state index in [4.69, 9.17) is 0 Å². The molecule has 1 unspecified atom stereocenters. The van der Waals surface area contributed by atoms with Crippen LogP contribution in [0.1, 0.15) is 28.9 Å². The second-order valence-electron chi connectivity index (χ2n) is 4.37. The topological polar surface area (TPSA) is 42.0 Å². The predicted octanol–water partition coefficient (Wildman–Crippen LogP) is 2.75. The number of nitrogens with one attached hydrogen (secondary N) is 1. The second-order valence-corrected chi connectivity index (χ2v) is 4.37. The molecule has 0 saturated carbocycles. The standard InChI is InChI=1S/C15H15FN2O/c1-11(12-6-3-2-4-7-12)10-17-15(19)13-8-5-9-14(16)18-13/h2-9,11H,10H2,1H3,(H,17,19). The van der Waals surface area contributed by atoms with Crippen molar-refractivity contribution in [2.45, 2.75) is 12.8 Å². The number of benzene rings is 1. The van der Waals surface area contributed by atoms with Crippen molar-refractivity contribution in [3.05, 3.63) is 65.7 Å². The summed E-state index contributed by atoms with van der Waals surface area (Å²) in [7, 11) is 0. The van der Waals surface area contributed by atoms with Crippen LogP contribution in [0.5, 0.6) is 0 Å². The first-order valence-electron chi connectivity index (χ1n) is 6.12. The van der Waals surface area contributed by atoms with Crippen molar-refractivity contribution in [3.8, 4) is 0 Å². The highest BCUT2D eigenvalue weighted by Gasteiger charge is 2.10. The van der Waals surface area contributed by atoms with E-state index in [1.165, 1.54) is 18.2 Å². The second kappa shape index (κ2) is 6.09. The van der Waals surface area contributed by atoms with Gasteiger partial charge in [-0.05, 0) is 23.6 Å². The van der Waals surface area contributed by atoms with Crippen LogP contribution in [0, 0.1) is 5.95 Å². The molecule has 1 heterocycles. The lowest BCUT2D eigenvalue weighted by molar-refractivity contribution is 0.0945. The molecule has 4 heteroatoms. The third-order valence-electron chi connectivity index (χ3n) is 2.89. The van der Waals surface area contributed by atoms with E-state index in [1.807, 2.05) is 37.3 Å². The predicted molar refractivity (Wildman–Crippen MR) is 71.4 cm³/mol. The van der Waals surface area contributed by atoms with Gasteiger partial charge in [0.05, 0.1) is 0 Å². The van der Waals surface area contributed by atoms with Crippen LogP contribution in [0.2, 0.25) is 0 Å². The molecule has 0 aliphatic carbocycles.